The molecule has 0 aliphatic heterocycles. The Hall–Kier alpha value is -1.32. The predicted octanol–water partition coefficient (Wildman–Crippen LogP) is 2.05. The smallest absolute Gasteiger partial charge is 0.413 e. The molecule has 0 heterocycles. The Bertz CT molecular complexity index is 426. The van der Waals surface area contributed by atoms with Crippen molar-refractivity contribution >= 4 is 24.2 Å². The molecule has 2 N–H and O–H groups in total. The second-order valence-electron chi connectivity index (χ2n) is 4.13. The Kier molecular flexibility index (Phi) is 5.20. The van der Waals surface area contributed by atoms with Gasteiger partial charge in [0.1, 0.15) is 0 Å². The summed E-state index contributed by atoms with van der Waals surface area (Å²) in [6.07, 6.45) is 5.11. The Morgan fingerprint density at radius 2 is 2.24 bits per heavy atom. The van der Waals surface area contributed by atoms with Crippen LogP contribution < -0.4 is 10.7 Å². The van der Waals surface area contributed by atoms with Gasteiger partial charge >= 0.3 is 7.05 Å². The molecule has 0 amide bonds. The third kappa shape index (κ3) is 3.58. The molecule has 0 saturated heterocycles. The van der Waals surface area contributed by atoms with Crippen molar-refractivity contribution in [1.29, 1.82) is 0 Å². The summed E-state index contributed by atoms with van der Waals surface area (Å²) < 4.78 is 0. The lowest BCUT2D eigenvalue weighted by atomic mass is 9.71. The van der Waals surface area contributed by atoms with E-state index in [2.05, 4.69) is 24.8 Å². The molecule has 1 aromatic rings. The first-order valence-corrected chi connectivity index (χ1v) is 5.91. The number of rotatable bonds is 5. The molecular formula is C14H20BNO. The van der Waals surface area contributed by atoms with Crippen molar-refractivity contribution in [2.24, 2.45) is 0 Å². The maximum Gasteiger partial charge on any atom is 0.413 e. The van der Waals surface area contributed by atoms with E-state index in [1.165, 1.54) is 0 Å². The van der Waals surface area contributed by atoms with Crippen molar-refractivity contribution in [2.45, 2.75) is 20.3 Å². The zero-order chi connectivity index (χ0) is 12.8. The zero-order valence-corrected chi connectivity index (χ0v) is 10.8. The van der Waals surface area contributed by atoms with E-state index in [1.807, 2.05) is 31.2 Å². The predicted molar refractivity (Wildman–Crippen MR) is 77.1 cm³/mol. The topological polar surface area (TPSA) is 32.3 Å². The van der Waals surface area contributed by atoms with Crippen LogP contribution in [-0.4, -0.2) is 19.1 Å². The van der Waals surface area contributed by atoms with E-state index in [1.54, 1.807) is 7.05 Å². The quantitative estimate of drug-likeness (QED) is 0.757. The SMILES string of the molecule is C=C(C)c1ccc(/C=C/CC)c(B(O)NC)c1. The summed E-state index contributed by atoms with van der Waals surface area (Å²) in [5, 5.41) is 12.8. The molecule has 0 aromatic heterocycles. The number of nitrogens with one attached hydrogen (secondary N) is 1. The monoisotopic (exact) mass is 229 g/mol. The standard InChI is InChI=1S/C14H20BNO/c1-5-6-7-12-8-9-13(11(2)3)10-14(12)15(17)16-4/h6-10,16-17H,2,5H2,1,3-4H3/b7-6+. The molecule has 0 bridgehead atoms. The first-order chi connectivity index (χ1) is 8.10. The molecule has 2 nitrogen and oxygen atoms in total. The summed E-state index contributed by atoms with van der Waals surface area (Å²) in [6.45, 7) is 7.98. The van der Waals surface area contributed by atoms with Gasteiger partial charge in [-0.1, -0.05) is 49.4 Å². The van der Waals surface area contributed by atoms with Gasteiger partial charge in [0.15, 0.2) is 0 Å². The number of benzene rings is 1. The van der Waals surface area contributed by atoms with Gasteiger partial charge in [0.25, 0.3) is 0 Å². The van der Waals surface area contributed by atoms with Gasteiger partial charge in [-0.2, -0.15) is 0 Å². The minimum absolute atomic E-state index is 0.647. The molecule has 0 unspecified atom stereocenters. The summed E-state index contributed by atoms with van der Waals surface area (Å²) >= 11 is 0. The van der Waals surface area contributed by atoms with Crippen LogP contribution in [-0.2, 0) is 0 Å². The van der Waals surface area contributed by atoms with Crippen molar-refractivity contribution in [3.63, 3.8) is 0 Å². The molecule has 90 valence electrons. The molecule has 1 rings (SSSR count). The normalized spacial score (nSPS) is 10.8. The van der Waals surface area contributed by atoms with E-state index >= 15 is 0 Å². The van der Waals surface area contributed by atoms with Gasteiger partial charge in [0.2, 0.25) is 0 Å². The molecule has 1 aromatic carbocycles. The molecule has 0 aliphatic carbocycles. The van der Waals surface area contributed by atoms with Crippen LogP contribution in [0.5, 0.6) is 0 Å². The van der Waals surface area contributed by atoms with Gasteiger partial charge in [-0.25, -0.2) is 0 Å². The van der Waals surface area contributed by atoms with Gasteiger partial charge in [0, 0.05) is 0 Å². The van der Waals surface area contributed by atoms with Gasteiger partial charge in [-0.05, 0) is 37.0 Å². The maximum atomic E-state index is 9.94. The van der Waals surface area contributed by atoms with Crippen LogP contribution in [0.3, 0.4) is 0 Å². The first-order valence-electron chi connectivity index (χ1n) is 5.91. The molecule has 17 heavy (non-hydrogen) atoms. The van der Waals surface area contributed by atoms with E-state index < -0.39 is 7.05 Å². The van der Waals surface area contributed by atoms with E-state index in [0.29, 0.717) is 0 Å². The molecule has 3 heteroatoms. The van der Waals surface area contributed by atoms with Crippen LogP contribution in [0.4, 0.5) is 0 Å². The molecule has 0 atom stereocenters. The molecule has 0 fully saturated rings. The third-order valence-electron chi connectivity index (χ3n) is 2.68. The van der Waals surface area contributed by atoms with Crippen LogP contribution >= 0.6 is 0 Å². The molecule has 0 radical (unpaired) electrons. The van der Waals surface area contributed by atoms with Crippen LogP contribution in [0.25, 0.3) is 11.6 Å². The fourth-order valence-electron chi connectivity index (χ4n) is 1.63. The second-order valence-corrected chi connectivity index (χ2v) is 4.13. The maximum absolute atomic E-state index is 9.94. The van der Waals surface area contributed by atoms with Gasteiger partial charge in [0.05, 0.1) is 0 Å². The molecule has 0 spiro atoms. The second kappa shape index (κ2) is 6.43. The zero-order valence-electron chi connectivity index (χ0n) is 10.8. The van der Waals surface area contributed by atoms with Crippen LogP contribution in [0, 0.1) is 0 Å². The Balaban J connectivity index is 3.21. The lowest BCUT2D eigenvalue weighted by molar-refractivity contribution is 0.572. The number of allylic oxidation sites excluding steroid dienone is 2. The highest BCUT2D eigenvalue weighted by Crippen LogP contribution is 2.12. The number of hydrogen-bond acceptors (Lipinski definition) is 2. The summed E-state index contributed by atoms with van der Waals surface area (Å²) in [5.41, 5.74) is 3.99. The number of hydrogen-bond donors (Lipinski definition) is 2. The van der Waals surface area contributed by atoms with Crippen molar-refractivity contribution in [3.05, 3.63) is 42.0 Å². The van der Waals surface area contributed by atoms with Crippen molar-refractivity contribution in [3.8, 4) is 0 Å². The fourth-order valence-corrected chi connectivity index (χ4v) is 1.63. The highest BCUT2D eigenvalue weighted by molar-refractivity contribution is 6.64. The molecule has 0 saturated carbocycles. The highest BCUT2D eigenvalue weighted by atomic mass is 16.2. The summed E-state index contributed by atoms with van der Waals surface area (Å²) in [5.74, 6) is 0. The van der Waals surface area contributed by atoms with E-state index in [9.17, 15) is 5.02 Å². The third-order valence-corrected chi connectivity index (χ3v) is 2.68. The summed E-state index contributed by atoms with van der Waals surface area (Å²) in [7, 11) is 1.09. The minimum Gasteiger partial charge on any atom is -0.433 e. The lowest BCUT2D eigenvalue weighted by Crippen LogP contribution is -2.44. The van der Waals surface area contributed by atoms with E-state index in [4.69, 9.17) is 0 Å². The van der Waals surface area contributed by atoms with Crippen LogP contribution in [0.1, 0.15) is 31.4 Å². The van der Waals surface area contributed by atoms with Crippen molar-refractivity contribution < 1.29 is 5.02 Å². The average Bonchev–Trinajstić information content (AvgIpc) is 2.35. The van der Waals surface area contributed by atoms with E-state index in [0.717, 1.165) is 28.6 Å². The molecular weight excluding hydrogens is 209 g/mol. The first kappa shape index (κ1) is 13.7. The summed E-state index contributed by atoms with van der Waals surface area (Å²) in [4.78, 5) is 0. The molecule has 0 aliphatic rings. The van der Waals surface area contributed by atoms with Gasteiger partial charge in [-0.15, -0.1) is 0 Å². The summed E-state index contributed by atoms with van der Waals surface area (Å²) in [6, 6.07) is 6.04. The van der Waals surface area contributed by atoms with E-state index in [-0.39, 0.29) is 0 Å². The highest BCUT2D eigenvalue weighted by Gasteiger charge is 2.15. The Morgan fingerprint density at radius 1 is 1.53 bits per heavy atom. The van der Waals surface area contributed by atoms with Crippen molar-refractivity contribution in [2.75, 3.05) is 7.05 Å². The Labute approximate surface area is 104 Å². The lowest BCUT2D eigenvalue weighted by Gasteiger charge is -2.11. The van der Waals surface area contributed by atoms with Crippen molar-refractivity contribution in [1.82, 2.24) is 5.23 Å². The Morgan fingerprint density at radius 3 is 2.76 bits per heavy atom. The van der Waals surface area contributed by atoms with Gasteiger partial charge < -0.3 is 10.3 Å². The largest absolute Gasteiger partial charge is 0.433 e. The van der Waals surface area contributed by atoms with Crippen LogP contribution in [0.15, 0.2) is 30.9 Å². The fraction of sp³-hybridized carbons (Fsp3) is 0.286. The van der Waals surface area contributed by atoms with Gasteiger partial charge in [-0.3, -0.25) is 0 Å². The average molecular weight is 229 g/mol. The minimum atomic E-state index is -0.647. The van der Waals surface area contributed by atoms with Crippen LogP contribution in [0.2, 0.25) is 0 Å².